The van der Waals surface area contributed by atoms with Crippen molar-refractivity contribution in [3.63, 3.8) is 0 Å². The first-order chi connectivity index (χ1) is 33.6. The fourth-order valence-corrected chi connectivity index (χ4v) is 9.59. The molecule has 0 heterocycles. The second kappa shape index (κ2) is 59.7. The molecule has 0 aliphatic heterocycles. The third-order valence-corrected chi connectivity index (χ3v) is 14.2. The number of ether oxygens (including phenoxy) is 2. The molecule has 0 radical (unpaired) electrons. The molecule has 0 aliphatic carbocycles. The van der Waals surface area contributed by atoms with Gasteiger partial charge in [-0.05, 0) is 44.9 Å². The molecule has 0 saturated heterocycles. The second-order valence-electron chi connectivity index (χ2n) is 21.1. The third-order valence-electron chi connectivity index (χ3n) is 14.2. The average molecular weight is 958 g/mol. The Balaban J connectivity index is 3.40. The van der Waals surface area contributed by atoms with Crippen molar-refractivity contribution in [1.29, 1.82) is 0 Å². The van der Waals surface area contributed by atoms with E-state index >= 15 is 0 Å². The van der Waals surface area contributed by atoms with E-state index in [0.29, 0.717) is 12.8 Å². The molecule has 0 aliphatic rings. The lowest BCUT2D eigenvalue weighted by Gasteiger charge is -2.15. The van der Waals surface area contributed by atoms with Crippen LogP contribution in [0.3, 0.4) is 0 Å². The van der Waals surface area contributed by atoms with Crippen molar-refractivity contribution in [3.8, 4) is 0 Å². The van der Waals surface area contributed by atoms with Crippen LogP contribution in [0.5, 0.6) is 0 Å². The second-order valence-corrected chi connectivity index (χ2v) is 21.1. The van der Waals surface area contributed by atoms with Gasteiger partial charge < -0.3 is 14.6 Å². The normalized spacial score (nSPS) is 12.2. The zero-order valence-electron chi connectivity index (χ0n) is 46.2. The molecule has 5 heteroatoms. The Kier molecular flexibility index (Phi) is 58.3. The largest absolute Gasteiger partial charge is 0.462 e. The van der Waals surface area contributed by atoms with E-state index in [-0.39, 0.29) is 25.2 Å². The van der Waals surface area contributed by atoms with E-state index in [4.69, 9.17) is 9.47 Å². The van der Waals surface area contributed by atoms with E-state index in [0.717, 1.165) is 38.5 Å². The lowest BCUT2D eigenvalue weighted by atomic mass is 10.0. The van der Waals surface area contributed by atoms with Crippen LogP contribution in [0.2, 0.25) is 0 Å². The number of unbranched alkanes of at least 4 members (excludes halogenated alkanes) is 46. The Labute approximate surface area is 425 Å². The van der Waals surface area contributed by atoms with Crippen molar-refractivity contribution in [3.05, 3.63) is 24.3 Å². The quantitative estimate of drug-likeness (QED) is 0.0374. The maximum absolute atomic E-state index is 12.3. The van der Waals surface area contributed by atoms with Gasteiger partial charge in [-0.15, -0.1) is 0 Å². The number of allylic oxidation sites excluding steroid dienone is 4. The first-order valence-electron chi connectivity index (χ1n) is 30.9. The topological polar surface area (TPSA) is 72.8 Å². The van der Waals surface area contributed by atoms with Crippen LogP contribution in [0.25, 0.3) is 0 Å². The van der Waals surface area contributed by atoms with Gasteiger partial charge in [-0.25, -0.2) is 0 Å². The van der Waals surface area contributed by atoms with Gasteiger partial charge in [0, 0.05) is 12.8 Å². The molecule has 0 aromatic rings. The number of carbonyl (C=O) groups is 2. The predicted octanol–water partition coefficient (Wildman–Crippen LogP) is 20.9. The number of carbonyl (C=O) groups excluding carboxylic acids is 2. The number of hydrogen-bond donors (Lipinski definition) is 1. The van der Waals surface area contributed by atoms with Gasteiger partial charge in [0.05, 0.1) is 6.61 Å². The average Bonchev–Trinajstić information content (AvgIpc) is 3.34. The summed E-state index contributed by atoms with van der Waals surface area (Å²) in [4.78, 5) is 24.6. The summed E-state index contributed by atoms with van der Waals surface area (Å²) < 4.78 is 10.7. The number of rotatable bonds is 58. The minimum absolute atomic E-state index is 0.0606. The summed E-state index contributed by atoms with van der Waals surface area (Å²) in [6.45, 7) is 4.19. The molecule has 0 fully saturated rings. The highest BCUT2D eigenvalue weighted by molar-refractivity contribution is 5.70. The molecule has 0 rings (SSSR count). The SMILES string of the molecule is CCCCCCC/C=C\C/C=C\CCCCCCCCCCCCCC(=O)OC(CO)COC(=O)CCCCCCCCCCCCCCCCCCCCCCCCCCCCCCCCC. The Morgan fingerprint density at radius 2 is 0.588 bits per heavy atom. The zero-order chi connectivity index (χ0) is 49.2. The minimum atomic E-state index is -0.770. The van der Waals surface area contributed by atoms with Gasteiger partial charge in [0.25, 0.3) is 0 Å². The van der Waals surface area contributed by atoms with Crippen molar-refractivity contribution in [2.45, 2.75) is 354 Å². The molecule has 402 valence electrons. The number of hydrogen-bond acceptors (Lipinski definition) is 5. The van der Waals surface area contributed by atoms with Crippen LogP contribution < -0.4 is 0 Å². The highest BCUT2D eigenvalue weighted by Gasteiger charge is 2.16. The minimum Gasteiger partial charge on any atom is -0.462 e. The summed E-state index contributed by atoms with van der Waals surface area (Å²) in [6, 6.07) is 0. The van der Waals surface area contributed by atoms with E-state index in [2.05, 4.69) is 38.2 Å². The van der Waals surface area contributed by atoms with Gasteiger partial charge >= 0.3 is 11.9 Å². The molecule has 0 aromatic carbocycles. The van der Waals surface area contributed by atoms with E-state index < -0.39 is 6.10 Å². The van der Waals surface area contributed by atoms with Crippen LogP contribution in [0.1, 0.15) is 348 Å². The third kappa shape index (κ3) is 57.0. The summed E-state index contributed by atoms with van der Waals surface area (Å²) in [5.41, 5.74) is 0. The lowest BCUT2D eigenvalue weighted by Crippen LogP contribution is -2.28. The summed E-state index contributed by atoms with van der Waals surface area (Å²) in [6.07, 6.45) is 76.1. The van der Waals surface area contributed by atoms with Crippen molar-refractivity contribution in [2.24, 2.45) is 0 Å². The molecular formula is C63H120O5. The zero-order valence-corrected chi connectivity index (χ0v) is 46.2. The Hall–Kier alpha value is -1.62. The van der Waals surface area contributed by atoms with Crippen LogP contribution in [0, 0.1) is 0 Å². The fraction of sp³-hybridized carbons (Fsp3) is 0.905. The van der Waals surface area contributed by atoms with Gasteiger partial charge in [0.15, 0.2) is 6.10 Å². The van der Waals surface area contributed by atoms with Crippen LogP contribution in [-0.2, 0) is 19.1 Å². The molecule has 68 heavy (non-hydrogen) atoms. The first kappa shape index (κ1) is 66.4. The van der Waals surface area contributed by atoms with Crippen LogP contribution in [0.15, 0.2) is 24.3 Å². The molecular weight excluding hydrogens is 837 g/mol. The van der Waals surface area contributed by atoms with Gasteiger partial charge in [-0.1, -0.05) is 314 Å². The monoisotopic (exact) mass is 957 g/mol. The summed E-state index contributed by atoms with van der Waals surface area (Å²) >= 11 is 0. The van der Waals surface area contributed by atoms with E-state index in [9.17, 15) is 14.7 Å². The lowest BCUT2D eigenvalue weighted by molar-refractivity contribution is -0.161. The van der Waals surface area contributed by atoms with E-state index in [1.54, 1.807) is 0 Å². The molecule has 0 aromatic heterocycles. The van der Waals surface area contributed by atoms with Crippen LogP contribution in [-0.4, -0.2) is 36.4 Å². The first-order valence-corrected chi connectivity index (χ1v) is 30.9. The van der Waals surface area contributed by atoms with Crippen molar-refractivity contribution >= 4 is 11.9 Å². The maximum Gasteiger partial charge on any atom is 0.306 e. The van der Waals surface area contributed by atoms with Crippen molar-refractivity contribution in [1.82, 2.24) is 0 Å². The fourth-order valence-electron chi connectivity index (χ4n) is 9.59. The van der Waals surface area contributed by atoms with E-state index in [1.165, 1.54) is 283 Å². The Bertz CT molecular complexity index is 1040. The molecule has 0 bridgehead atoms. The maximum atomic E-state index is 12.3. The van der Waals surface area contributed by atoms with Gasteiger partial charge in [0.2, 0.25) is 0 Å². The molecule has 1 N–H and O–H groups in total. The molecule has 0 saturated carbocycles. The number of aliphatic hydroxyl groups excluding tert-OH is 1. The highest BCUT2D eigenvalue weighted by Crippen LogP contribution is 2.18. The predicted molar refractivity (Wildman–Crippen MR) is 298 cm³/mol. The highest BCUT2D eigenvalue weighted by atomic mass is 16.6. The van der Waals surface area contributed by atoms with Crippen LogP contribution in [0.4, 0.5) is 0 Å². The summed E-state index contributed by atoms with van der Waals surface area (Å²) in [7, 11) is 0. The number of esters is 2. The molecule has 0 spiro atoms. The van der Waals surface area contributed by atoms with Gasteiger partial charge in [0.1, 0.15) is 6.61 Å². The molecule has 0 amide bonds. The van der Waals surface area contributed by atoms with E-state index in [1.807, 2.05) is 0 Å². The summed E-state index contributed by atoms with van der Waals surface area (Å²) in [5.74, 6) is -0.572. The van der Waals surface area contributed by atoms with Gasteiger partial charge in [-0.2, -0.15) is 0 Å². The van der Waals surface area contributed by atoms with Crippen molar-refractivity contribution < 1.29 is 24.2 Å². The summed E-state index contributed by atoms with van der Waals surface area (Å²) in [5, 5.41) is 9.67. The Morgan fingerprint density at radius 1 is 0.338 bits per heavy atom. The molecule has 5 nitrogen and oxygen atoms in total. The molecule has 1 atom stereocenters. The standard InChI is InChI=1S/C63H120O5/c1-3-5-7-9-11-13-15-17-19-21-23-25-27-28-29-30-31-32-33-34-36-37-39-41-43-45-47-49-51-53-55-57-62(65)67-60-61(59-64)68-63(66)58-56-54-52-50-48-46-44-42-40-38-35-26-24-22-20-18-16-14-12-10-8-6-4-2/h16,18,22,24,61,64H,3-15,17,19-21,23,25-60H2,1-2H3/b18-16-,24-22-. The smallest absolute Gasteiger partial charge is 0.306 e. The Morgan fingerprint density at radius 3 is 0.868 bits per heavy atom. The van der Waals surface area contributed by atoms with Gasteiger partial charge in [-0.3, -0.25) is 9.59 Å². The molecule has 1 unspecified atom stereocenters. The number of aliphatic hydroxyl groups is 1. The van der Waals surface area contributed by atoms with Crippen molar-refractivity contribution in [2.75, 3.05) is 13.2 Å². The van der Waals surface area contributed by atoms with Crippen LogP contribution >= 0.6 is 0 Å².